The standard InChI is InChI=1S/C2HCl2F3.CHClF/c3-1(4)2(5,6)7;2-1-3/h1H;1H. The molecule has 0 nitrogen and oxygen atoms in total. The highest BCUT2D eigenvalue weighted by molar-refractivity contribution is 6.44. The van der Waals surface area contributed by atoms with Crippen LogP contribution in [0.2, 0.25) is 0 Å². The summed E-state index contributed by atoms with van der Waals surface area (Å²) < 4.78 is 42.7. The average Bonchev–Trinajstić information content (AvgIpc) is 1.64. The Morgan fingerprint density at radius 2 is 1.30 bits per heavy atom. The molecule has 0 atom stereocenters. The molecule has 0 unspecified atom stereocenters. The fourth-order valence-electron chi connectivity index (χ4n) is 0. The van der Waals surface area contributed by atoms with Gasteiger partial charge in [-0.1, -0.05) is 34.8 Å². The fourth-order valence-corrected chi connectivity index (χ4v) is 0. The molecule has 1 radical (unpaired) electrons. The summed E-state index contributed by atoms with van der Waals surface area (Å²) in [5.41, 5.74) is 0. The maximum atomic E-state index is 10.9. The Labute approximate surface area is 70.0 Å². The Bertz CT molecular complexity index is 70.6. The molecule has 0 aliphatic rings. The lowest BCUT2D eigenvalue weighted by Gasteiger charge is -2.03. The summed E-state index contributed by atoms with van der Waals surface area (Å²) in [4.78, 5) is -2.26. The number of hydrogen-bond acceptors (Lipinski definition) is 0. The quantitative estimate of drug-likeness (QED) is 0.432. The van der Waals surface area contributed by atoms with Crippen LogP contribution in [-0.4, -0.2) is 11.0 Å². The predicted molar refractivity (Wildman–Crippen MR) is 32.8 cm³/mol. The lowest BCUT2D eigenvalue weighted by atomic mass is 10.8. The summed E-state index contributed by atoms with van der Waals surface area (Å²) >= 11 is 13.0. The van der Waals surface area contributed by atoms with Gasteiger partial charge >= 0.3 is 6.18 Å². The highest BCUT2D eigenvalue weighted by Gasteiger charge is 2.36. The Balaban J connectivity index is 0. The molecule has 0 amide bonds. The normalized spacial score (nSPS) is 10.8. The number of halogens is 7. The van der Waals surface area contributed by atoms with Crippen molar-refractivity contribution in [1.29, 1.82) is 0 Å². The first kappa shape index (κ1) is 13.2. The van der Waals surface area contributed by atoms with Gasteiger partial charge in [0, 0.05) is 0 Å². The molecule has 0 N–H and O–H groups in total. The van der Waals surface area contributed by atoms with Crippen molar-refractivity contribution in [3.8, 4) is 0 Å². The van der Waals surface area contributed by atoms with Gasteiger partial charge < -0.3 is 0 Å². The van der Waals surface area contributed by atoms with Crippen LogP contribution in [0.4, 0.5) is 17.6 Å². The van der Waals surface area contributed by atoms with Gasteiger partial charge in [-0.25, -0.2) is 4.39 Å². The fraction of sp³-hybridized carbons (Fsp3) is 0.667. The SMILES string of the molecule is FC(F)(F)C(Cl)Cl.F[CH]Cl. The van der Waals surface area contributed by atoms with Crippen molar-refractivity contribution in [2.24, 2.45) is 0 Å². The molecule has 0 rings (SSSR count). The van der Waals surface area contributed by atoms with Crippen molar-refractivity contribution < 1.29 is 17.6 Å². The van der Waals surface area contributed by atoms with Crippen LogP contribution in [0.25, 0.3) is 0 Å². The Kier molecular flexibility index (Phi) is 8.33. The molecule has 0 fully saturated rings. The van der Waals surface area contributed by atoms with Crippen LogP contribution < -0.4 is 0 Å². The molecule has 63 valence electrons. The van der Waals surface area contributed by atoms with E-state index >= 15 is 0 Å². The zero-order valence-corrected chi connectivity index (χ0v) is 6.57. The van der Waals surface area contributed by atoms with Gasteiger partial charge in [-0.3, -0.25) is 0 Å². The van der Waals surface area contributed by atoms with Crippen LogP contribution in [0.1, 0.15) is 0 Å². The van der Waals surface area contributed by atoms with Crippen molar-refractivity contribution in [2.75, 3.05) is 0 Å². The lowest BCUT2D eigenvalue weighted by Crippen LogP contribution is -2.16. The Morgan fingerprint density at radius 1 is 1.20 bits per heavy atom. The molecule has 0 aromatic carbocycles. The van der Waals surface area contributed by atoms with E-state index in [0.29, 0.717) is 0 Å². The molecule has 0 aromatic rings. The first-order valence-electron chi connectivity index (χ1n) is 1.73. The summed E-state index contributed by atoms with van der Waals surface area (Å²) in [6.07, 6.45) is -4.50. The van der Waals surface area contributed by atoms with E-state index < -0.39 is 11.0 Å². The first-order valence-corrected chi connectivity index (χ1v) is 3.04. The van der Waals surface area contributed by atoms with Crippen molar-refractivity contribution >= 4 is 34.8 Å². The highest BCUT2D eigenvalue weighted by atomic mass is 35.5. The van der Waals surface area contributed by atoms with Crippen LogP contribution in [0.15, 0.2) is 0 Å². The van der Waals surface area contributed by atoms with Crippen LogP contribution in [0.3, 0.4) is 0 Å². The number of hydrogen-bond donors (Lipinski definition) is 0. The molecule has 0 saturated carbocycles. The molecular weight excluding hydrogens is 218 g/mol. The van der Waals surface area contributed by atoms with Crippen LogP contribution in [0.5, 0.6) is 0 Å². The lowest BCUT2D eigenvalue weighted by molar-refractivity contribution is -0.115. The smallest absolute Gasteiger partial charge is 0.225 e. The van der Waals surface area contributed by atoms with Crippen molar-refractivity contribution in [2.45, 2.75) is 11.0 Å². The second kappa shape index (κ2) is 6.31. The molecule has 0 aliphatic heterocycles. The molecular formula is C3H2Cl3F4. The molecule has 0 bridgehead atoms. The molecule has 10 heavy (non-hydrogen) atoms. The maximum absolute atomic E-state index is 10.9. The molecule has 0 aliphatic carbocycles. The van der Waals surface area contributed by atoms with E-state index in [1.54, 1.807) is 0 Å². The van der Waals surface area contributed by atoms with E-state index in [4.69, 9.17) is 0 Å². The summed E-state index contributed by atoms with van der Waals surface area (Å²) in [6, 6.07) is 0. The third-order valence-electron chi connectivity index (χ3n) is 0.247. The largest absolute Gasteiger partial charge is 0.418 e. The monoisotopic (exact) mass is 219 g/mol. The third kappa shape index (κ3) is 11.4. The van der Waals surface area contributed by atoms with E-state index in [1.807, 2.05) is 0 Å². The second-order valence-electron chi connectivity index (χ2n) is 0.925. The van der Waals surface area contributed by atoms with Gasteiger partial charge in [0.2, 0.25) is 11.0 Å². The maximum Gasteiger partial charge on any atom is 0.418 e. The zero-order valence-electron chi connectivity index (χ0n) is 4.30. The van der Waals surface area contributed by atoms with Crippen molar-refractivity contribution in [1.82, 2.24) is 0 Å². The summed E-state index contributed by atoms with van der Waals surface area (Å²) in [7, 11) is 0. The number of rotatable bonds is 0. The van der Waals surface area contributed by atoms with E-state index in [9.17, 15) is 17.6 Å². The van der Waals surface area contributed by atoms with E-state index in [0.717, 1.165) is 0 Å². The van der Waals surface area contributed by atoms with Gasteiger partial charge in [-0.15, -0.1) is 0 Å². The van der Waals surface area contributed by atoms with Gasteiger partial charge in [0.05, 0.1) is 0 Å². The minimum Gasteiger partial charge on any atom is -0.225 e. The summed E-state index contributed by atoms with van der Waals surface area (Å²) in [5.74, 6) is 0. The summed E-state index contributed by atoms with van der Waals surface area (Å²) in [5, 5.41) is 0. The molecule has 0 saturated heterocycles. The van der Waals surface area contributed by atoms with E-state index in [-0.39, 0.29) is 6.13 Å². The first-order chi connectivity index (χ1) is 4.36. The van der Waals surface area contributed by atoms with Crippen LogP contribution in [-0.2, 0) is 0 Å². The third-order valence-corrected chi connectivity index (χ3v) is 0.742. The van der Waals surface area contributed by atoms with Gasteiger partial charge in [0.15, 0.2) is 0 Å². The van der Waals surface area contributed by atoms with Gasteiger partial charge in [0.1, 0.15) is 0 Å². The minimum atomic E-state index is -4.47. The molecule has 0 heterocycles. The summed E-state index contributed by atoms with van der Waals surface area (Å²) in [6.45, 7) is 0. The average molecular weight is 220 g/mol. The van der Waals surface area contributed by atoms with E-state index in [1.165, 1.54) is 0 Å². The topological polar surface area (TPSA) is 0 Å². The minimum absolute atomic E-state index is 0.0278. The molecule has 0 spiro atoms. The van der Waals surface area contributed by atoms with Gasteiger partial charge in [-0.2, -0.15) is 13.2 Å². The highest BCUT2D eigenvalue weighted by Crippen LogP contribution is 2.26. The van der Waals surface area contributed by atoms with Crippen LogP contribution >= 0.6 is 34.8 Å². The number of alkyl halides is 5. The van der Waals surface area contributed by atoms with E-state index in [2.05, 4.69) is 34.8 Å². The van der Waals surface area contributed by atoms with Crippen LogP contribution in [0, 0.1) is 6.13 Å². The Morgan fingerprint density at radius 3 is 1.30 bits per heavy atom. The molecule has 0 aromatic heterocycles. The zero-order chi connectivity index (χ0) is 8.78. The second-order valence-corrected chi connectivity index (χ2v) is 2.19. The van der Waals surface area contributed by atoms with Gasteiger partial charge in [0.25, 0.3) is 0 Å². The Hall–Kier alpha value is 0.590. The van der Waals surface area contributed by atoms with Gasteiger partial charge in [-0.05, 0) is 0 Å². The predicted octanol–water partition coefficient (Wildman–Crippen LogP) is 3.67. The molecule has 7 heteroatoms. The van der Waals surface area contributed by atoms with Crippen molar-refractivity contribution in [3.63, 3.8) is 0 Å². The van der Waals surface area contributed by atoms with Crippen molar-refractivity contribution in [3.05, 3.63) is 6.13 Å².